The van der Waals surface area contributed by atoms with Gasteiger partial charge in [0, 0.05) is 24.7 Å². The Bertz CT molecular complexity index is 509. The summed E-state index contributed by atoms with van der Waals surface area (Å²) in [5.41, 5.74) is 3.34. The monoisotopic (exact) mass is 342 g/mol. The molecule has 1 amide bonds. The molecule has 2 N–H and O–H groups in total. The molecule has 0 spiro atoms. The molecule has 1 aliphatic heterocycles. The summed E-state index contributed by atoms with van der Waals surface area (Å²) in [5, 5.41) is 11.0. The van der Waals surface area contributed by atoms with Crippen molar-refractivity contribution in [1.29, 1.82) is 0 Å². The number of rotatable bonds is 6. The van der Waals surface area contributed by atoms with Crippen LogP contribution in [0, 0.1) is 19.8 Å². The summed E-state index contributed by atoms with van der Waals surface area (Å²) in [7, 11) is 1.96. The van der Waals surface area contributed by atoms with E-state index in [0.29, 0.717) is 12.3 Å². The van der Waals surface area contributed by atoms with Crippen LogP contribution in [0.5, 0.6) is 0 Å². The van der Waals surface area contributed by atoms with E-state index in [1.165, 1.54) is 18.4 Å². The van der Waals surface area contributed by atoms with Crippen LogP contribution >= 0.6 is 12.4 Å². The van der Waals surface area contributed by atoms with Gasteiger partial charge in [0.05, 0.1) is 11.7 Å². The van der Waals surface area contributed by atoms with E-state index in [2.05, 4.69) is 29.6 Å². The summed E-state index contributed by atoms with van der Waals surface area (Å²) in [6.07, 6.45) is 4.94. The zero-order valence-corrected chi connectivity index (χ0v) is 15.6. The third kappa shape index (κ3) is 5.21. The molecule has 0 aliphatic carbocycles. The van der Waals surface area contributed by atoms with Crippen LogP contribution in [0.4, 0.5) is 0 Å². The lowest BCUT2D eigenvalue weighted by molar-refractivity contribution is -0.122. The zero-order valence-electron chi connectivity index (χ0n) is 14.8. The Morgan fingerprint density at radius 1 is 1.39 bits per heavy atom. The Hall–Kier alpha value is -1.07. The molecule has 1 atom stereocenters. The van der Waals surface area contributed by atoms with Crippen molar-refractivity contribution < 1.29 is 4.79 Å². The van der Waals surface area contributed by atoms with Gasteiger partial charge in [0.2, 0.25) is 5.91 Å². The van der Waals surface area contributed by atoms with Gasteiger partial charge in [0.1, 0.15) is 0 Å². The van der Waals surface area contributed by atoms with Gasteiger partial charge in [-0.3, -0.25) is 9.48 Å². The molecule has 1 aromatic rings. The molecular formula is C17H31ClN4O. The Labute approximate surface area is 146 Å². The Morgan fingerprint density at radius 2 is 2.04 bits per heavy atom. The van der Waals surface area contributed by atoms with E-state index in [-0.39, 0.29) is 24.4 Å². The van der Waals surface area contributed by atoms with Crippen molar-refractivity contribution in [1.82, 2.24) is 20.4 Å². The normalized spacial score (nSPS) is 16.7. The van der Waals surface area contributed by atoms with E-state index in [4.69, 9.17) is 0 Å². The number of aryl methyl sites for hydroxylation is 2. The number of halogens is 1. The van der Waals surface area contributed by atoms with Crippen molar-refractivity contribution in [2.45, 2.75) is 58.9 Å². The number of carbonyl (C=O) groups excluding carboxylic acids is 1. The van der Waals surface area contributed by atoms with Crippen molar-refractivity contribution in [3.05, 3.63) is 17.0 Å². The topological polar surface area (TPSA) is 59.0 Å². The fraction of sp³-hybridized carbons (Fsp3) is 0.765. The van der Waals surface area contributed by atoms with Gasteiger partial charge in [-0.2, -0.15) is 5.10 Å². The van der Waals surface area contributed by atoms with Gasteiger partial charge in [-0.25, -0.2) is 0 Å². The third-order valence-corrected chi connectivity index (χ3v) is 4.90. The summed E-state index contributed by atoms with van der Waals surface area (Å²) in [4.78, 5) is 12.3. The molecule has 0 bridgehead atoms. The molecule has 1 saturated heterocycles. The minimum absolute atomic E-state index is 0. The smallest absolute Gasteiger partial charge is 0.220 e. The van der Waals surface area contributed by atoms with Crippen LogP contribution in [-0.4, -0.2) is 28.8 Å². The molecule has 1 aliphatic rings. The van der Waals surface area contributed by atoms with E-state index >= 15 is 0 Å². The first-order valence-electron chi connectivity index (χ1n) is 8.53. The molecule has 1 fully saturated rings. The largest absolute Gasteiger partial charge is 0.349 e. The van der Waals surface area contributed by atoms with E-state index in [1.807, 2.05) is 18.7 Å². The first-order chi connectivity index (χ1) is 10.5. The lowest BCUT2D eigenvalue weighted by Crippen LogP contribution is -2.31. The molecule has 0 saturated carbocycles. The molecule has 2 heterocycles. The minimum Gasteiger partial charge on any atom is -0.349 e. The number of carbonyl (C=O) groups is 1. The van der Waals surface area contributed by atoms with Crippen LogP contribution in [0.2, 0.25) is 0 Å². The maximum Gasteiger partial charge on any atom is 0.220 e. The number of amides is 1. The summed E-state index contributed by atoms with van der Waals surface area (Å²) in [6, 6.07) is 0.0780. The number of hydrogen-bond acceptors (Lipinski definition) is 3. The van der Waals surface area contributed by atoms with Gasteiger partial charge < -0.3 is 10.6 Å². The average Bonchev–Trinajstić information content (AvgIpc) is 2.77. The van der Waals surface area contributed by atoms with Gasteiger partial charge in [0.25, 0.3) is 0 Å². The Morgan fingerprint density at radius 3 is 2.57 bits per heavy atom. The van der Waals surface area contributed by atoms with Crippen molar-refractivity contribution in [3.63, 3.8) is 0 Å². The van der Waals surface area contributed by atoms with Crippen LogP contribution in [-0.2, 0) is 11.8 Å². The number of piperidine rings is 1. The lowest BCUT2D eigenvalue weighted by Gasteiger charge is -2.23. The van der Waals surface area contributed by atoms with Crippen molar-refractivity contribution in [2.24, 2.45) is 13.0 Å². The second-order valence-electron chi connectivity index (χ2n) is 6.47. The van der Waals surface area contributed by atoms with E-state index in [1.54, 1.807) is 0 Å². The van der Waals surface area contributed by atoms with E-state index in [0.717, 1.165) is 37.3 Å². The molecule has 23 heavy (non-hydrogen) atoms. The lowest BCUT2D eigenvalue weighted by atomic mass is 9.93. The first-order valence-corrected chi connectivity index (χ1v) is 8.53. The summed E-state index contributed by atoms with van der Waals surface area (Å²) in [5.74, 6) is 0.877. The number of nitrogens with zero attached hydrogens (tertiary/aromatic N) is 2. The number of aromatic nitrogens is 2. The summed E-state index contributed by atoms with van der Waals surface area (Å²) >= 11 is 0. The Balaban J connectivity index is 0.00000264. The van der Waals surface area contributed by atoms with E-state index < -0.39 is 0 Å². The highest BCUT2D eigenvalue weighted by molar-refractivity contribution is 5.85. The predicted molar refractivity (Wildman–Crippen MR) is 95.9 cm³/mol. The average molecular weight is 343 g/mol. The summed E-state index contributed by atoms with van der Waals surface area (Å²) in [6.45, 7) is 8.39. The first kappa shape index (κ1) is 20.0. The fourth-order valence-electron chi connectivity index (χ4n) is 3.44. The van der Waals surface area contributed by atoms with Crippen molar-refractivity contribution in [3.8, 4) is 0 Å². The van der Waals surface area contributed by atoms with Gasteiger partial charge in [0.15, 0.2) is 0 Å². The maximum absolute atomic E-state index is 12.3. The summed E-state index contributed by atoms with van der Waals surface area (Å²) < 4.78 is 1.90. The predicted octanol–water partition coefficient (Wildman–Crippen LogP) is 2.81. The van der Waals surface area contributed by atoms with Gasteiger partial charge in [-0.15, -0.1) is 12.4 Å². The molecule has 1 aromatic heterocycles. The molecule has 2 rings (SSSR count). The minimum atomic E-state index is 0. The second kappa shape index (κ2) is 9.28. The van der Waals surface area contributed by atoms with Gasteiger partial charge in [-0.05, 0) is 58.5 Å². The molecule has 5 nitrogen and oxygen atoms in total. The van der Waals surface area contributed by atoms with Crippen LogP contribution < -0.4 is 10.6 Å². The molecule has 0 radical (unpaired) electrons. The van der Waals surface area contributed by atoms with Crippen molar-refractivity contribution >= 4 is 18.3 Å². The van der Waals surface area contributed by atoms with Gasteiger partial charge >= 0.3 is 0 Å². The maximum atomic E-state index is 12.3. The van der Waals surface area contributed by atoms with Crippen LogP contribution in [0.1, 0.15) is 62.0 Å². The van der Waals surface area contributed by atoms with Crippen LogP contribution in [0.25, 0.3) is 0 Å². The second-order valence-corrected chi connectivity index (χ2v) is 6.47. The van der Waals surface area contributed by atoms with Gasteiger partial charge in [-0.1, -0.05) is 6.92 Å². The van der Waals surface area contributed by atoms with Crippen LogP contribution in [0.15, 0.2) is 0 Å². The highest BCUT2D eigenvalue weighted by Gasteiger charge is 2.21. The van der Waals surface area contributed by atoms with Crippen LogP contribution in [0.3, 0.4) is 0 Å². The molecule has 6 heteroatoms. The van der Waals surface area contributed by atoms with E-state index in [9.17, 15) is 4.79 Å². The van der Waals surface area contributed by atoms with Crippen molar-refractivity contribution in [2.75, 3.05) is 13.1 Å². The number of hydrogen-bond donors (Lipinski definition) is 2. The zero-order chi connectivity index (χ0) is 16.1. The third-order valence-electron chi connectivity index (χ3n) is 4.90. The molecule has 0 aromatic carbocycles. The molecule has 132 valence electrons. The highest BCUT2D eigenvalue weighted by Crippen LogP contribution is 2.24. The highest BCUT2D eigenvalue weighted by atomic mass is 35.5. The Kier molecular flexibility index (Phi) is 8.06. The standard InChI is InChI=1S/C17H30N4O.ClH/c1-5-15(17-12(2)20-21(4)13(17)3)19-16(22)7-6-14-8-10-18-11-9-14;/h14-15,18H,5-11H2,1-4H3,(H,19,22);1H. The molecular weight excluding hydrogens is 312 g/mol. The number of nitrogens with one attached hydrogen (secondary N) is 2. The quantitative estimate of drug-likeness (QED) is 0.835. The molecule has 1 unspecified atom stereocenters. The SMILES string of the molecule is CCC(NC(=O)CCC1CCNCC1)c1c(C)nn(C)c1C.Cl. The fourth-order valence-corrected chi connectivity index (χ4v) is 3.44.